The van der Waals surface area contributed by atoms with Crippen molar-refractivity contribution in [2.75, 3.05) is 6.61 Å². The molecule has 0 spiro atoms. The third-order valence-electron chi connectivity index (χ3n) is 2.65. The molecule has 0 radical (unpaired) electrons. The first-order chi connectivity index (χ1) is 8.66. The van der Waals surface area contributed by atoms with E-state index >= 15 is 0 Å². The zero-order valence-corrected chi connectivity index (χ0v) is 12.6. The molecule has 1 unspecified atom stereocenters. The standard InChI is InChI=1S/C14H16BrNOS/c1-10(16)13-5-4-11(15)9-14(13)17-7-6-12-3-2-8-18-12/h2-5,8-10H,6-7,16H2,1H3. The molecule has 18 heavy (non-hydrogen) atoms. The van der Waals surface area contributed by atoms with Crippen LogP contribution >= 0.6 is 27.3 Å². The molecule has 1 aromatic carbocycles. The Morgan fingerprint density at radius 1 is 1.39 bits per heavy atom. The topological polar surface area (TPSA) is 35.2 Å². The van der Waals surface area contributed by atoms with E-state index in [0.717, 1.165) is 22.2 Å². The highest BCUT2D eigenvalue weighted by atomic mass is 79.9. The van der Waals surface area contributed by atoms with Gasteiger partial charge in [0, 0.05) is 27.4 Å². The molecule has 0 fully saturated rings. The fourth-order valence-electron chi connectivity index (χ4n) is 1.73. The number of nitrogens with two attached hydrogens (primary N) is 1. The molecular weight excluding hydrogens is 310 g/mol. The fraction of sp³-hybridized carbons (Fsp3) is 0.286. The van der Waals surface area contributed by atoms with Crippen molar-refractivity contribution in [3.63, 3.8) is 0 Å². The van der Waals surface area contributed by atoms with E-state index in [0.29, 0.717) is 6.61 Å². The van der Waals surface area contributed by atoms with Crippen LogP contribution in [0.1, 0.15) is 23.4 Å². The summed E-state index contributed by atoms with van der Waals surface area (Å²) in [6, 6.07) is 10.1. The Balaban J connectivity index is 2.01. The molecule has 0 saturated carbocycles. The van der Waals surface area contributed by atoms with Crippen LogP contribution in [-0.4, -0.2) is 6.61 Å². The SMILES string of the molecule is CC(N)c1ccc(Br)cc1OCCc1cccs1. The van der Waals surface area contributed by atoms with E-state index in [-0.39, 0.29) is 6.04 Å². The third-order valence-corrected chi connectivity index (χ3v) is 4.08. The Kier molecular flexibility index (Phi) is 4.80. The Labute approximate surface area is 120 Å². The molecule has 96 valence electrons. The first-order valence-electron chi connectivity index (χ1n) is 5.87. The molecule has 2 aromatic rings. The summed E-state index contributed by atoms with van der Waals surface area (Å²) >= 11 is 5.22. The van der Waals surface area contributed by atoms with Crippen LogP contribution in [0.25, 0.3) is 0 Å². The van der Waals surface area contributed by atoms with E-state index in [9.17, 15) is 0 Å². The molecule has 0 aliphatic rings. The van der Waals surface area contributed by atoms with Gasteiger partial charge >= 0.3 is 0 Å². The largest absolute Gasteiger partial charge is 0.493 e. The normalized spacial score (nSPS) is 12.4. The van der Waals surface area contributed by atoms with E-state index in [1.54, 1.807) is 11.3 Å². The zero-order valence-electron chi connectivity index (χ0n) is 10.2. The van der Waals surface area contributed by atoms with E-state index < -0.39 is 0 Å². The zero-order chi connectivity index (χ0) is 13.0. The third kappa shape index (κ3) is 3.57. The van der Waals surface area contributed by atoms with Gasteiger partial charge in [-0.25, -0.2) is 0 Å². The van der Waals surface area contributed by atoms with E-state index in [4.69, 9.17) is 10.5 Å². The Morgan fingerprint density at radius 2 is 2.22 bits per heavy atom. The fourth-order valence-corrected chi connectivity index (χ4v) is 2.76. The van der Waals surface area contributed by atoms with E-state index in [1.165, 1.54) is 4.88 Å². The molecule has 0 saturated heterocycles. The van der Waals surface area contributed by atoms with E-state index in [2.05, 4.69) is 33.4 Å². The summed E-state index contributed by atoms with van der Waals surface area (Å²) in [4.78, 5) is 1.34. The minimum atomic E-state index is -0.0187. The van der Waals surface area contributed by atoms with Gasteiger partial charge in [0.2, 0.25) is 0 Å². The summed E-state index contributed by atoms with van der Waals surface area (Å²) in [5.74, 6) is 0.871. The average molecular weight is 326 g/mol. The Morgan fingerprint density at radius 3 is 2.89 bits per heavy atom. The number of rotatable bonds is 5. The highest BCUT2D eigenvalue weighted by Gasteiger charge is 2.08. The summed E-state index contributed by atoms with van der Waals surface area (Å²) in [5.41, 5.74) is 6.98. The predicted molar refractivity (Wildman–Crippen MR) is 80.3 cm³/mol. The van der Waals surface area contributed by atoms with Crippen LogP contribution in [0.15, 0.2) is 40.2 Å². The summed E-state index contributed by atoms with van der Waals surface area (Å²) < 4.78 is 6.86. The highest BCUT2D eigenvalue weighted by Crippen LogP contribution is 2.27. The molecule has 0 aliphatic heterocycles. The summed E-state index contributed by atoms with van der Waals surface area (Å²) in [5, 5.41) is 2.09. The number of thiophene rings is 1. The maximum atomic E-state index is 5.94. The average Bonchev–Trinajstić information content (AvgIpc) is 2.82. The molecule has 2 nitrogen and oxygen atoms in total. The smallest absolute Gasteiger partial charge is 0.125 e. The van der Waals surface area contributed by atoms with Crippen molar-refractivity contribution in [2.24, 2.45) is 5.73 Å². The molecule has 1 heterocycles. The monoisotopic (exact) mass is 325 g/mol. The van der Waals surface area contributed by atoms with Gasteiger partial charge in [0.15, 0.2) is 0 Å². The van der Waals surface area contributed by atoms with Crippen molar-refractivity contribution in [3.8, 4) is 5.75 Å². The quantitative estimate of drug-likeness (QED) is 0.896. The van der Waals surface area contributed by atoms with Crippen LogP contribution in [0.5, 0.6) is 5.75 Å². The number of ether oxygens (including phenoxy) is 1. The lowest BCUT2D eigenvalue weighted by atomic mass is 10.1. The second-order valence-corrected chi connectivity index (χ2v) is 6.10. The van der Waals surface area contributed by atoms with Crippen molar-refractivity contribution < 1.29 is 4.74 Å². The minimum Gasteiger partial charge on any atom is -0.493 e. The molecule has 1 atom stereocenters. The Hall–Kier alpha value is -0.840. The van der Waals surface area contributed by atoms with Crippen LogP contribution in [0, 0.1) is 0 Å². The number of halogens is 1. The summed E-state index contributed by atoms with van der Waals surface area (Å²) in [6.07, 6.45) is 0.933. The molecule has 4 heteroatoms. The van der Waals surface area contributed by atoms with Gasteiger partial charge in [-0.3, -0.25) is 0 Å². The summed E-state index contributed by atoms with van der Waals surface area (Å²) in [7, 11) is 0. The Bertz CT molecular complexity index is 497. The molecule has 0 bridgehead atoms. The predicted octanol–water partition coefficient (Wildman–Crippen LogP) is 4.15. The molecule has 0 aliphatic carbocycles. The molecule has 0 amide bonds. The van der Waals surface area contributed by atoms with Gasteiger partial charge in [-0.15, -0.1) is 11.3 Å². The molecular formula is C14H16BrNOS. The lowest BCUT2D eigenvalue weighted by Gasteiger charge is -2.14. The number of hydrogen-bond acceptors (Lipinski definition) is 3. The van der Waals surface area contributed by atoms with Crippen LogP contribution in [-0.2, 0) is 6.42 Å². The van der Waals surface area contributed by atoms with Gasteiger partial charge in [-0.1, -0.05) is 28.1 Å². The van der Waals surface area contributed by atoms with Crippen molar-refractivity contribution in [3.05, 3.63) is 50.6 Å². The lowest BCUT2D eigenvalue weighted by molar-refractivity contribution is 0.318. The van der Waals surface area contributed by atoms with Gasteiger partial charge < -0.3 is 10.5 Å². The second-order valence-electron chi connectivity index (χ2n) is 4.15. The van der Waals surface area contributed by atoms with Crippen LogP contribution in [0.2, 0.25) is 0 Å². The van der Waals surface area contributed by atoms with Crippen LogP contribution < -0.4 is 10.5 Å². The van der Waals surface area contributed by atoms with Gasteiger partial charge in [0.1, 0.15) is 5.75 Å². The van der Waals surface area contributed by atoms with Crippen LogP contribution in [0.3, 0.4) is 0 Å². The van der Waals surface area contributed by atoms with Gasteiger partial charge in [-0.2, -0.15) is 0 Å². The van der Waals surface area contributed by atoms with Crippen molar-refractivity contribution >= 4 is 27.3 Å². The molecule has 2 N–H and O–H groups in total. The molecule has 1 aromatic heterocycles. The minimum absolute atomic E-state index is 0.0187. The highest BCUT2D eigenvalue weighted by molar-refractivity contribution is 9.10. The number of benzene rings is 1. The van der Waals surface area contributed by atoms with Crippen molar-refractivity contribution in [1.82, 2.24) is 0 Å². The first-order valence-corrected chi connectivity index (χ1v) is 7.54. The van der Waals surface area contributed by atoms with Crippen molar-refractivity contribution in [1.29, 1.82) is 0 Å². The number of hydrogen-bond donors (Lipinski definition) is 1. The maximum Gasteiger partial charge on any atom is 0.125 e. The van der Waals surface area contributed by atoms with Crippen LogP contribution in [0.4, 0.5) is 0 Å². The van der Waals surface area contributed by atoms with Gasteiger partial charge in [0.05, 0.1) is 6.61 Å². The summed E-state index contributed by atoms with van der Waals surface area (Å²) in [6.45, 7) is 2.64. The first kappa shape index (κ1) is 13.6. The van der Waals surface area contributed by atoms with Gasteiger partial charge in [-0.05, 0) is 30.5 Å². The lowest BCUT2D eigenvalue weighted by Crippen LogP contribution is -2.09. The molecule has 2 rings (SSSR count). The van der Waals surface area contributed by atoms with Crippen molar-refractivity contribution in [2.45, 2.75) is 19.4 Å². The van der Waals surface area contributed by atoms with Gasteiger partial charge in [0.25, 0.3) is 0 Å². The second kappa shape index (κ2) is 6.36. The van der Waals surface area contributed by atoms with E-state index in [1.807, 2.05) is 25.1 Å². The maximum absolute atomic E-state index is 5.94.